The van der Waals surface area contributed by atoms with Crippen molar-refractivity contribution < 1.29 is 9.59 Å². The predicted molar refractivity (Wildman–Crippen MR) is 85.6 cm³/mol. The van der Waals surface area contributed by atoms with Crippen LogP contribution in [0.5, 0.6) is 0 Å². The molecule has 2 aromatic rings. The van der Waals surface area contributed by atoms with Gasteiger partial charge in [-0.1, -0.05) is 12.1 Å². The molecule has 1 aliphatic heterocycles. The molecule has 122 valence electrons. The Morgan fingerprint density at radius 3 is 2.88 bits per heavy atom. The van der Waals surface area contributed by atoms with Crippen LogP contribution in [0.3, 0.4) is 0 Å². The van der Waals surface area contributed by atoms with E-state index >= 15 is 0 Å². The lowest BCUT2D eigenvalue weighted by Crippen LogP contribution is -2.41. The highest BCUT2D eigenvalue weighted by Crippen LogP contribution is 2.29. The monoisotopic (exact) mass is 323 g/mol. The van der Waals surface area contributed by atoms with Crippen LogP contribution in [0.2, 0.25) is 0 Å². The van der Waals surface area contributed by atoms with E-state index in [1.54, 1.807) is 43.7 Å². The number of imide groups is 1. The van der Waals surface area contributed by atoms with Crippen molar-refractivity contribution in [3.8, 4) is 6.07 Å². The van der Waals surface area contributed by atoms with Crippen LogP contribution in [-0.4, -0.2) is 32.9 Å². The second kappa shape index (κ2) is 6.16. The summed E-state index contributed by atoms with van der Waals surface area (Å²) in [7, 11) is 0. The standard InChI is InChI=1S/C17H17N5O2/c1-17(14-5-2-4-13(10-14)11-18)15(23)22(16(24)20-17)8-3-7-21-9-6-19-12-21/h2,4-6,9-10,12H,3,7-8H2,1H3,(H,20,24)/t17-/m0/s1. The van der Waals surface area contributed by atoms with E-state index in [1.807, 2.05) is 16.8 Å². The zero-order valence-corrected chi connectivity index (χ0v) is 13.3. The van der Waals surface area contributed by atoms with Crippen molar-refractivity contribution in [2.45, 2.75) is 25.4 Å². The summed E-state index contributed by atoms with van der Waals surface area (Å²) in [5, 5.41) is 11.8. The van der Waals surface area contributed by atoms with Crippen LogP contribution in [0.4, 0.5) is 4.79 Å². The van der Waals surface area contributed by atoms with Gasteiger partial charge in [0.05, 0.1) is 18.0 Å². The SMILES string of the molecule is C[C@@]1(c2cccc(C#N)c2)NC(=O)N(CCCn2ccnc2)C1=O. The molecule has 0 spiro atoms. The van der Waals surface area contributed by atoms with Crippen molar-refractivity contribution in [1.29, 1.82) is 5.26 Å². The first-order chi connectivity index (χ1) is 11.5. The number of aryl methyl sites for hydroxylation is 1. The molecule has 1 aliphatic rings. The Morgan fingerprint density at radius 1 is 1.33 bits per heavy atom. The molecule has 3 rings (SSSR count). The number of nitrogens with zero attached hydrogens (tertiary/aromatic N) is 4. The minimum absolute atomic E-state index is 0.298. The first-order valence-electron chi connectivity index (χ1n) is 7.65. The molecule has 3 amide bonds. The zero-order valence-electron chi connectivity index (χ0n) is 13.3. The molecule has 2 heterocycles. The highest BCUT2D eigenvalue weighted by molar-refractivity contribution is 6.07. The van der Waals surface area contributed by atoms with Gasteiger partial charge in [-0.2, -0.15) is 5.26 Å². The molecule has 1 N–H and O–H groups in total. The lowest BCUT2D eigenvalue weighted by atomic mass is 9.91. The number of urea groups is 1. The fourth-order valence-corrected chi connectivity index (χ4v) is 2.83. The van der Waals surface area contributed by atoms with Crippen molar-refractivity contribution in [3.05, 3.63) is 54.1 Å². The fourth-order valence-electron chi connectivity index (χ4n) is 2.83. The van der Waals surface area contributed by atoms with Crippen molar-refractivity contribution in [2.24, 2.45) is 0 Å². The summed E-state index contributed by atoms with van der Waals surface area (Å²) in [4.78, 5) is 30.2. The Kier molecular flexibility index (Phi) is 4.04. The number of amides is 3. The van der Waals surface area contributed by atoms with Gasteiger partial charge in [-0.15, -0.1) is 0 Å². The molecule has 7 heteroatoms. The molecule has 7 nitrogen and oxygen atoms in total. The van der Waals surface area contributed by atoms with Crippen LogP contribution in [0.15, 0.2) is 43.0 Å². The first-order valence-corrected chi connectivity index (χ1v) is 7.65. The van der Waals surface area contributed by atoms with Crippen molar-refractivity contribution in [1.82, 2.24) is 19.8 Å². The van der Waals surface area contributed by atoms with Crippen LogP contribution >= 0.6 is 0 Å². The summed E-state index contributed by atoms with van der Waals surface area (Å²) in [5.74, 6) is -0.298. The van der Waals surface area contributed by atoms with Crippen LogP contribution in [0.25, 0.3) is 0 Å². The number of carbonyl (C=O) groups is 2. The number of nitriles is 1. The Balaban J connectivity index is 1.74. The summed E-state index contributed by atoms with van der Waals surface area (Å²) in [6, 6.07) is 8.39. The number of aromatic nitrogens is 2. The zero-order chi connectivity index (χ0) is 17.2. The Morgan fingerprint density at radius 2 is 2.17 bits per heavy atom. The number of hydrogen-bond acceptors (Lipinski definition) is 4. The maximum absolute atomic E-state index is 12.8. The molecular weight excluding hydrogens is 306 g/mol. The maximum atomic E-state index is 12.8. The molecule has 1 fully saturated rings. The average molecular weight is 323 g/mol. The first kappa shape index (κ1) is 15.7. The van der Waals surface area contributed by atoms with Gasteiger partial charge >= 0.3 is 6.03 Å². The molecule has 24 heavy (non-hydrogen) atoms. The van der Waals surface area contributed by atoms with Crippen molar-refractivity contribution in [2.75, 3.05) is 6.54 Å². The van der Waals surface area contributed by atoms with E-state index in [9.17, 15) is 9.59 Å². The second-order valence-corrected chi connectivity index (χ2v) is 5.86. The van der Waals surface area contributed by atoms with E-state index in [4.69, 9.17) is 5.26 Å². The fraction of sp³-hybridized carbons (Fsp3) is 0.294. The van der Waals surface area contributed by atoms with E-state index < -0.39 is 11.6 Å². The third kappa shape index (κ3) is 2.74. The van der Waals surface area contributed by atoms with E-state index in [0.717, 1.165) is 0 Å². The normalized spacial score (nSPS) is 20.1. The lowest BCUT2D eigenvalue weighted by Gasteiger charge is -2.22. The van der Waals surface area contributed by atoms with Crippen molar-refractivity contribution in [3.63, 3.8) is 0 Å². The van der Waals surface area contributed by atoms with Crippen LogP contribution < -0.4 is 5.32 Å². The van der Waals surface area contributed by atoms with Crippen molar-refractivity contribution >= 4 is 11.9 Å². The molecule has 1 saturated heterocycles. The van der Waals surface area contributed by atoms with Gasteiger partial charge in [-0.25, -0.2) is 9.78 Å². The maximum Gasteiger partial charge on any atom is 0.325 e. The van der Waals surface area contributed by atoms with Crippen LogP contribution in [0, 0.1) is 11.3 Å². The highest BCUT2D eigenvalue weighted by Gasteiger charge is 2.48. The number of benzene rings is 1. The third-order valence-electron chi connectivity index (χ3n) is 4.20. The molecule has 1 aromatic heterocycles. The Labute approximate surface area is 139 Å². The molecule has 0 bridgehead atoms. The van der Waals surface area contributed by atoms with E-state index in [1.165, 1.54) is 4.90 Å². The summed E-state index contributed by atoms with van der Waals surface area (Å²) in [6.45, 7) is 2.67. The molecule has 0 unspecified atom stereocenters. The molecular formula is C17H17N5O2. The van der Waals surface area contributed by atoms with Gasteiger partial charge in [0.1, 0.15) is 5.54 Å². The smallest absolute Gasteiger partial charge is 0.325 e. The van der Waals surface area contributed by atoms with E-state index in [-0.39, 0.29) is 5.91 Å². The molecule has 0 aliphatic carbocycles. The summed E-state index contributed by atoms with van der Waals surface area (Å²) in [5.41, 5.74) is -0.0785. The average Bonchev–Trinajstić information content (AvgIpc) is 3.18. The van der Waals surface area contributed by atoms with Gasteiger partial charge in [-0.05, 0) is 31.0 Å². The van der Waals surface area contributed by atoms with E-state index in [0.29, 0.717) is 30.6 Å². The second-order valence-electron chi connectivity index (χ2n) is 5.86. The minimum Gasteiger partial charge on any atom is -0.337 e. The molecule has 1 aromatic carbocycles. The number of carbonyl (C=O) groups excluding carboxylic acids is 2. The van der Waals surface area contributed by atoms with Gasteiger partial charge < -0.3 is 9.88 Å². The third-order valence-corrected chi connectivity index (χ3v) is 4.20. The van der Waals surface area contributed by atoms with Gasteiger partial charge in [0.2, 0.25) is 0 Å². The Bertz CT molecular complexity index is 809. The minimum atomic E-state index is -1.14. The summed E-state index contributed by atoms with van der Waals surface area (Å²) < 4.78 is 1.90. The van der Waals surface area contributed by atoms with Crippen LogP contribution in [0.1, 0.15) is 24.5 Å². The summed E-state index contributed by atoms with van der Waals surface area (Å²) in [6.07, 6.45) is 5.86. The number of imidazole rings is 1. The van der Waals surface area contributed by atoms with E-state index in [2.05, 4.69) is 10.3 Å². The highest BCUT2D eigenvalue weighted by atomic mass is 16.2. The van der Waals surface area contributed by atoms with Gasteiger partial charge in [0.15, 0.2) is 0 Å². The molecule has 0 saturated carbocycles. The van der Waals surface area contributed by atoms with Crippen LogP contribution in [-0.2, 0) is 16.9 Å². The quantitative estimate of drug-likeness (QED) is 0.846. The topological polar surface area (TPSA) is 91.0 Å². The Hall–Kier alpha value is -3.14. The number of nitrogens with one attached hydrogen (secondary N) is 1. The molecule has 0 radical (unpaired) electrons. The largest absolute Gasteiger partial charge is 0.337 e. The summed E-state index contributed by atoms with van der Waals surface area (Å²) >= 11 is 0. The predicted octanol–water partition coefficient (Wildman–Crippen LogP) is 1.61. The lowest BCUT2D eigenvalue weighted by molar-refractivity contribution is -0.131. The van der Waals surface area contributed by atoms with Gasteiger partial charge in [-0.3, -0.25) is 9.69 Å². The van der Waals surface area contributed by atoms with Gasteiger partial charge in [0.25, 0.3) is 5.91 Å². The van der Waals surface area contributed by atoms with Gasteiger partial charge in [0, 0.05) is 25.5 Å². The number of hydrogen-bond donors (Lipinski definition) is 1. The molecule has 1 atom stereocenters. The number of rotatable bonds is 5.